The van der Waals surface area contributed by atoms with Gasteiger partial charge in [-0.05, 0) is 25.0 Å². The Bertz CT molecular complexity index is 643. The highest BCUT2D eigenvalue weighted by atomic mass is 35.5. The molecule has 20 heavy (non-hydrogen) atoms. The van der Waals surface area contributed by atoms with Crippen molar-refractivity contribution in [2.24, 2.45) is 0 Å². The summed E-state index contributed by atoms with van der Waals surface area (Å²) in [5, 5.41) is 15.1. The summed E-state index contributed by atoms with van der Waals surface area (Å²) in [5.74, 6) is 0. The molecule has 1 aromatic heterocycles. The first kappa shape index (κ1) is 14.7. The number of aromatic nitrogens is 1. The number of nitrogens with zero attached hydrogens (tertiary/aromatic N) is 2. The summed E-state index contributed by atoms with van der Waals surface area (Å²) >= 11 is 7.57. The first-order valence-corrected chi connectivity index (χ1v) is 7.32. The van der Waals surface area contributed by atoms with Crippen LogP contribution in [-0.4, -0.2) is 9.91 Å². The molecule has 0 fully saturated rings. The van der Waals surface area contributed by atoms with Gasteiger partial charge in [0, 0.05) is 22.8 Å². The third-order valence-corrected chi connectivity index (χ3v) is 4.31. The summed E-state index contributed by atoms with van der Waals surface area (Å²) in [4.78, 5) is 15.9. The quantitative estimate of drug-likeness (QED) is 0.664. The van der Waals surface area contributed by atoms with E-state index in [1.807, 2.05) is 13.1 Å². The molecule has 0 atom stereocenters. The molecule has 1 heterocycles. The number of hydrogen-bond acceptors (Lipinski definition) is 5. The Kier molecular flexibility index (Phi) is 4.57. The number of hydrogen-bond donors (Lipinski definition) is 1. The van der Waals surface area contributed by atoms with E-state index in [2.05, 4.69) is 17.2 Å². The number of nitro groups is 1. The second-order valence-corrected chi connectivity index (χ2v) is 5.91. The van der Waals surface area contributed by atoms with Crippen LogP contribution in [0, 0.1) is 17.0 Å². The van der Waals surface area contributed by atoms with Crippen LogP contribution < -0.4 is 5.32 Å². The van der Waals surface area contributed by atoms with E-state index in [9.17, 15) is 10.1 Å². The molecule has 1 aromatic carbocycles. The van der Waals surface area contributed by atoms with Crippen molar-refractivity contribution in [3.05, 3.63) is 48.9 Å². The molecule has 0 saturated carbocycles. The second-order valence-electron chi connectivity index (χ2n) is 4.30. The SMILES string of the molecule is CCc1cnc(CNc2cc(Cl)c([N+](=O)[O-])cc2C)s1. The molecule has 0 aliphatic heterocycles. The molecule has 5 nitrogen and oxygen atoms in total. The summed E-state index contributed by atoms with van der Waals surface area (Å²) in [5.41, 5.74) is 1.50. The van der Waals surface area contributed by atoms with Gasteiger partial charge in [-0.15, -0.1) is 11.3 Å². The predicted octanol–water partition coefficient (Wildman–Crippen LogP) is 4.19. The molecule has 0 unspecified atom stereocenters. The highest BCUT2D eigenvalue weighted by Crippen LogP contribution is 2.30. The fraction of sp³-hybridized carbons (Fsp3) is 0.308. The summed E-state index contributed by atoms with van der Waals surface area (Å²) in [6, 6.07) is 3.06. The topological polar surface area (TPSA) is 68.1 Å². The molecule has 0 spiro atoms. The maximum absolute atomic E-state index is 10.8. The van der Waals surface area contributed by atoms with Gasteiger partial charge in [0.1, 0.15) is 10.0 Å². The van der Waals surface area contributed by atoms with Gasteiger partial charge in [0.05, 0.1) is 11.5 Å². The van der Waals surface area contributed by atoms with Crippen molar-refractivity contribution in [1.82, 2.24) is 4.98 Å². The lowest BCUT2D eigenvalue weighted by molar-refractivity contribution is -0.384. The number of thiazole rings is 1. The maximum Gasteiger partial charge on any atom is 0.288 e. The molecule has 0 saturated heterocycles. The molecule has 7 heteroatoms. The van der Waals surface area contributed by atoms with E-state index in [4.69, 9.17) is 11.6 Å². The van der Waals surface area contributed by atoms with Gasteiger partial charge in [0.25, 0.3) is 5.69 Å². The molecule has 2 rings (SSSR count). The normalized spacial score (nSPS) is 10.6. The zero-order valence-corrected chi connectivity index (χ0v) is 12.7. The van der Waals surface area contributed by atoms with Crippen molar-refractivity contribution >= 4 is 34.3 Å². The van der Waals surface area contributed by atoms with Gasteiger partial charge in [-0.2, -0.15) is 0 Å². The highest BCUT2D eigenvalue weighted by molar-refractivity contribution is 7.11. The van der Waals surface area contributed by atoms with Gasteiger partial charge in [-0.1, -0.05) is 18.5 Å². The fourth-order valence-corrected chi connectivity index (χ4v) is 2.80. The summed E-state index contributed by atoms with van der Waals surface area (Å²) < 4.78 is 0. The van der Waals surface area contributed by atoms with E-state index in [1.54, 1.807) is 17.4 Å². The molecule has 106 valence electrons. The minimum atomic E-state index is -0.479. The molecule has 1 N–H and O–H groups in total. The van der Waals surface area contributed by atoms with Crippen molar-refractivity contribution in [1.29, 1.82) is 0 Å². The van der Waals surface area contributed by atoms with Crippen LogP contribution in [0.3, 0.4) is 0 Å². The molecular formula is C13H14ClN3O2S. The molecule has 0 aliphatic carbocycles. The zero-order chi connectivity index (χ0) is 14.7. The van der Waals surface area contributed by atoms with E-state index >= 15 is 0 Å². The van der Waals surface area contributed by atoms with Crippen molar-refractivity contribution in [2.45, 2.75) is 26.8 Å². The standard InChI is InChI=1S/C13H14ClN3O2S/c1-3-9-6-16-13(20-9)7-15-11-5-10(14)12(17(18)19)4-8(11)2/h4-6,15H,3,7H2,1-2H3. The third kappa shape index (κ3) is 3.26. The maximum atomic E-state index is 10.8. The van der Waals surface area contributed by atoms with E-state index in [1.165, 1.54) is 10.9 Å². The van der Waals surface area contributed by atoms with E-state index in [-0.39, 0.29) is 10.7 Å². The fourth-order valence-electron chi connectivity index (χ4n) is 1.76. The van der Waals surface area contributed by atoms with Crippen LogP contribution in [0.15, 0.2) is 18.3 Å². The van der Waals surface area contributed by atoms with Crippen LogP contribution in [0.1, 0.15) is 22.4 Å². The monoisotopic (exact) mass is 311 g/mol. The summed E-state index contributed by atoms with van der Waals surface area (Å²) in [7, 11) is 0. The van der Waals surface area contributed by atoms with E-state index < -0.39 is 4.92 Å². The predicted molar refractivity (Wildman–Crippen MR) is 81.7 cm³/mol. The number of rotatable bonds is 5. The van der Waals surface area contributed by atoms with Crippen molar-refractivity contribution in [3.63, 3.8) is 0 Å². The zero-order valence-electron chi connectivity index (χ0n) is 11.1. The Morgan fingerprint density at radius 3 is 2.85 bits per heavy atom. The number of aryl methyl sites for hydroxylation is 2. The van der Waals surface area contributed by atoms with Gasteiger partial charge < -0.3 is 5.32 Å². The van der Waals surface area contributed by atoms with E-state index in [0.29, 0.717) is 6.54 Å². The van der Waals surface area contributed by atoms with Crippen LogP contribution >= 0.6 is 22.9 Å². The molecular weight excluding hydrogens is 298 g/mol. The Morgan fingerprint density at radius 1 is 1.50 bits per heavy atom. The molecule has 2 aromatic rings. The van der Waals surface area contributed by atoms with E-state index in [0.717, 1.165) is 22.7 Å². The van der Waals surface area contributed by atoms with Gasteiger partial charge >= 0.3 is 0 Å². The Labute approximate surface area is 125 Å². The van der Waals surface area contributed by atoms with Crippen molar-refractivity contribution in [2.75, 3.05) is 5.32 Å². The van der Waals surface area contributed by atoms with Gasteiger partial charge in [-0.3, -0.25) is 10.1 Å². The average molecular weight is 312 g/mol. The highest BCUT2D eigenvalue weighted by Gasteiger charge is 2.15. The largest absolute Gasteiger partial charge is 0.378 e. The lowest BCUT2D eigenvalue weighted by atomic mass is 10.2. The van der Waals surface area contributed by atoms with Crippen molar-refractivity contribution in [3.8, 4) is 0 Å². The second kappa shape index (κ2) is 6.19. The summed E-state index contributed by atoms with van der Waals surface area (Å²) in [6.07, 6.45) is 2.84. The Hall–Kier alpha value is -1.66. The summed E-state index contributed by atoms with van der Waals surface area (Å²) in [6.45, 7) is 4.48. The van der Waals surface area contributed by atoms with Crippen molar-refractivity contribution < 1.29 is 4.92 Å². The lowest BCUT2D eigenvalue weighted by Crippen LogP contribution is -2.01. The molecule has 0 radical (unpaired) electrons. The van der Waals surface area contributed by atoms with Crippen LogP contribution in [0.4, 0.5) is 11.4 Å². The first-order chi connectivity index (χ1) is 9.51. The minimum absolute atomic E-state index is 0.0720. The number of nitro benzene ring substituents is 1. The number of halogens is 1. The third-order valence-electron chi connectivity index (χ3n) is 2.87. The van der Waals surface area contributed by atoms with Gasteiger partial charge in [0.2, 0.25) is 0 Å². The molecule has 0 amide bonds. The molecule has 0 bridgehead atoms. The number of benzene rings is 1. The number of anilines is 1. The van der Waals surface area contributed by atoms with Gasteiger partial charge in [-0.25, -0.2) is 4.98 Å². The first-order valence-electron chi connectivity index (χ1n) is 6.13. The number of nitrogens with one attached hydrogen (secondary N) is 1. The average Bonchev–Trinajstić information content (AvgIpc) is 2.87. The molecule has 0 aliphatic rings. The minimum Gasteiger partial charge on any atom is -0.378 e. The van der Waals surface area contributed by atoms with Gasteiger partial charge in [0.15, 0.2) is 0 Å². The Balaban J connectivity index is 2.13. The van der Waals surface area contributed by atoms with Crippen LogP contribution in [0.5, 0.6) is 0 Å². The Morgan fingerprint density at radius 2 is 2.25 bits per heavy atom. The van der Waals surface area contributed by atoms with Crippen LogP contribution in [0.25, 0.3) is 0 Å². The van der Waals surface area contributed by atoms with Crippen LogP contribution in [0.2, 0.25) is 5.02 Å². The van der Waals surface area contributed by atoms with Crippen LogP contribution in [-0.2, 0) is 13.0 Å². The smallest absolute Gasteiger partial charge is 0.288 e. The lowest BCUT2D eigenvalue weighted by Gasteiger charge is -2.08.